The van der Waals surface area contributed by atoms with E-state index in [0.29, 0.717) is 11.0 Å². The van der Waals surface area contributed by atoms with Crippen molar-refractivity contribution < 1.29 is 0 Å². The molecule has 0 unspecified atom stereocenters. The van der Waals surface area contributed by atoms with Gasteiger partial charge in [-0.3, -0.25) is 5.43 Å². The highest BCUT2D eigenvalue weighted by atomic mass is 35.5. The predicted octanol–water partition coefficient (Wildman–Crippen LogP) is 1.98. The fourth-order valence-electron chi connectivity index (χ4n) is 1.07. The summed E-state index contributed by atoms with van der Waals surface area (Å²) in [5, 5.41) is 3.70. The number of benzene rings is 1. The summed E-state index contributed by atoms with van der Waals surface area (Å²) in [6.45, 7) is 3.94. The van der Waals surface area contributed by atoms with Gasteiger partial charge in [0.05, 0.1) is 0 Å². The molecule has 82 valence electrons. The number of hydrogen-bond donors (Lipinski definition) is 3. The molecular formula is C10H15ClN4. The van der Waals surface area contributed by atoms with Crippen LogP contribution in [0.15, 0.2) is 29.3 Å². The van der Waals surface area contributed by atoms with E-state index in [4.69, 9.17) is 17.4 Å². The number of nitrogens with two attached hydrogens (primary N) is 1. The van der Waals surface area contributed by atoms with Gasteiger partial charge in [0, 0.05) is 16.8 Å². The van der Waals surface area contributed by atoms with Gasteiger partial charge >= 0.3 is 0 Å². The van der Waals surface area contributed by atoms with E-state index < -0.39 is 0 Å². The number of hydrazine groups is 1. The van der Waals surface area contributed by atoms with Crippen molar-refractivity contribution in [2.75, 3.05) is 5.32 Å². The Bertz CT molecular complexity index is 349. The van der Waals surface area contributed by atoms with Gasteiger partial charge in [0.1, 0.15) is 0 Å². The first kappa shape index (κ1) is 11.8. The van der Waals surface area contributed by atoms with Crippen LogP contribution in [0.4, 0.5) is 5.69 Å². The molecule has 0 atom stereocenters. The molecule has 0 fully saturated rings. The quantitative estimate of drug-likeness (QED) is 0.313. The number of nitrogens with zero attached hydrogens (tertiary/aromatic N) is 1. The third-order valence-corrected chi connectivity index (χ3v) is 1.85. The van der Waals surface area contributed by atoms with Crippen molar-refractivity contribution in [2.45, 2.75) is 19.9 Å². The fourth-order valence-corrected chi connectivity index (χ4v) is 1.26. The maximum absolute atomic E-state index is 5.85. The Labute approximate surface area is 94.5 Å². The second-order valence-electron chi connectivity index (χ2n) is 3.35. The molecular weight excluding hydrogens is 212 g/mol. The molecule has 0 radical (unpaired) electrons. The van der Waals surface area contributed by atoms with E-state index in [1.54, 1.807) is 6.07 Å². The standard InChI is InChI=1S/C10H15ClN4/c1-7(2)13-10(15-12)14-9-5-3-4-8(11)6-9/h3-7H,12H2,1-2H3,(H2,13,14,15). The van der Waals surface area contributed by atoms with Gasteiger partial charge in [0.25, 0.3) is 0 Å². The first-order valence-electron chi connectivity index (χ1n) is 4.69. The highest BCUT2D eigenvalue weighted by Crippen LogP contribution is 2.14. The van der Waals surface area contributed by atoms with Gasteiger partial charge in [0.15, 0.2) is 0 Å². The van der Waals surface area contributed by atoms with Crippen LogP contribution in [0, 0.1) is 0 Å². The van der Waals surface area contributed by atoms with Crippen molar-refractivity contribution >= 4 is 23.2 Å². The zero-order valence-electron chi connectivity index (χ0n) is 8.79. The van der Waals surface area contributed by atoms with Crippen LogP contribution in [0.1, 0.15) is 13.8 Å². The third-order valence-electron chi connectivity index (χ3n) is 1.61. The van der Waals surface area contributed by atoms with Gasteiger partial charge in [-0.05, 0) is 32.0 Å². The Morgan fingerprint density at radius 1 is 1.47 bits per heavy atom. The van der Waals surface area contributed by atoms with E-state index in [9.17, 15) is 0 Å². The highest BCUT2D eigenvalue weighted by molar-refractivity contribution is 6.30. The Hall–Kier alpha value is -1.26. The second kappa shape index (κ2) is 5.58. The lowest BCUT2D eigenvalue weighted by Crippen LogP contribution is -2.36. The molecule has 0 amide bonds. The second-order valence-corrected chi connectivity index (χ2v) is 3.79. The summed E-state index contributed by atoms with van der Waals surface area (Å²) in [5.74, 6) is 5.85. The van der Waals surface area contributed by atoms with Gasteiger partial charge in [0.2, 0.25) is 5.96 Å². The summed E-state index contributed by atoms with van der Waals surface area (Å²) >= 11 is 5.85. The Balaban J connectivity index is 2.75. The number of anilines is 1. The topological polar surface area (TPSA) is 62.4 Å². The van der Waals surface area contributed by atoms with Crippen molar-refractivity contribution in [3.63, 3.8) is 0 Å². The van der Waals surface area contributed by atoms with Crippen molar-refractivity contribution in [3.05, 3.63) is 29.3 Å². The third kappa shape index (κ3) is 4.18. The Morgan fingerprint density at radius 3 is 2.73 bits per heavy atom. The summed E-state index contributed by atoms with van der Waals surface area (Å²) in [7, 11) is 0. The molecule has 0 spiro atoms. The molecule has 0 aliphatic rings. The van der Waals surface area contributed by atoms with E-state index in [0.717, 1.165) is 5.69 Å². The molecule has 0 aliphatic carbocycles. The van der Waals surface area contributed by atoms with Crippen molar-refractivity contribution in [1.29, 1.82) is 0 Å². The summed E-state index contributed by atoms with van der Waals surface area (Å²) in [6.07, 6.45) is 0. The van der Waals surface area contributed by atoms with Crippen molar-refractivity contribution in [3.8, 4) is 0 Å². The maximum atomic E-state index is 5.85. The largest absolute Gasteiger partial charge is 0.325 e. The fraction of sp³-hybridized carbons (Fsp3) is 0.300. The zero-order valence-corrected chi connectivity index (χ0v) is 9.55. The molecule has 0 heterocycles. The van der Waals surface area contributed by atoms with Gasteiger partial charge in [-0.2, -0.15) is 0 Å². The molecule has 0 saturated carbocycles. The molecule has 0 bridgehead atoms. The lowest BCUT2D eigenvalue weighted by atomic mass is 10.3. The number of nitrogens with one attached hydrogen (secondary N) is 2. The normalized spacial score (nSPS) is 11.7. The minimum Gasteiger partial charge on any atom is -0.325 e. The van der Waals surface area contributed by atoms with E-state index in [2.05, 4.69) is 15.7 Å². The van der Waals surface area contributed by atoms with Crippen LogP contribution in [-0.4, -0.2) is 12.0 Å². The molecule has 4 N–H and O–H groups in total. The van der Waals surface area contributed by atoms with Gasteiger partial charge in [-0.15, -0.1) is 0 Å². The molecule has 1 aromatic carbocycles. The summed E-state index contributed by atoms with van der Waals surface area (Å²) < 4.78 is 0. The number of halogens is 1. The SMILES string of the molecule is CC(C)N=C(NN)Nc1cccc(Cl)c1. The predicted molar refractivity (Wildman–Crippen MR) is 65.0 cm³/mol. The van der Waals surface area contributed by atoms with Crippen LogP contribution in [-0.2, 0) is 0 Å². The minimum atomic E-state index is 0.169. The van der Waals surface area contributed by atoms with Crippen LogP contribution in [0.25, 0.3) is 0 Å². The first-order chi connectivity index (χ1) is 7.11. The van der Waals surface area contributed by atoms with Gasteiger partial charge < -0.3 is 5.32 Å². The average molecular weight is 227 g/mol. The van der Waals surface area contributed by atoms with E-state index in [1.807, 2.05) is 32.0 Å². The molecule has 1 aromatic rings. The molecule has 1 rings (SSSR count). The van der Waals surface area contributed by atoms with Crippen LogP contribution < -0.4 is 16.6 Å². The lowest BCUT2D eigenvalue weighted by molar-refractivity contribution is 0.819. The maximum Gasteiger partial charge on any atom is 0.210 e. The Morgan fingerprint density at radius 2 is 2.20 bits per heavy atom. The Kier molecular flexibility index (Phi) is 4.39. The number of guanidine groups is 1. The average Bonchev–Trinajstić information content (AvgIpc) is 2.16. The van der Waals surface area contributed by atoms with Gasteiger partial charge in [-0.25, -0.2) is 10.8 Å². The summed E-state index contributed by atoms with van der Waals surface area (Å²) in [5.41, 5.74) is 3.34. The molecule has 0 saturated heterocycles. The first-order valence-corrected chi connectivity index (χ1v) is 5.06. The number of aliphatic imine (C=N–C) groups is 1. The molecule has 0 aromatic heterocycles. The van der Waals surface area contributed by atoms with Crippen LogP contribution >= 0.6 is 11.6 Å². The molecule has 0 aliphatic heterocycles. The van der Waals surface area contributed by atoms with Crippen LogP contribution in [0.5, 0.6) is 0 Å². The van der Waals surface area contributed by atoms with Crippen LogP contribution in [0.3, 0.4) is 0 Å². The molecule has 15 heavy (non-hydrogen) atoms. The zero-order chi connectivity index (χ0) is 11.3. The van der Waals surface area contributed by atoms with Gasteiger partial charge in [-0.1, -0.05) is 17.7 Å². The molecule has 4 nitrogen and oxygen atoms in total. The lowest BCUT2D eigenvalue weighted by Gasteiger charge is -2.10. The summed E-state index contributed by atoms with van der Waals surface area (Å²) in [4.78, 5) is 4.25. The number of rotatable bonds is 2. The smallest absolute Gasteiger partial charge is 0.210 e. The number of hydrogen-bond acceptors (Lipinski definition) is 2. The molecule has 5 heteroatoms. The van der Waals surface area contributed by atoms with Crippen molar-refractivity contribution in [1.82, 2.24) is 5.43 Å². The van der Waals surface area contributed by atoms with E-state index in [1.165, 1.54) is 0 Å². The summed E-state index contributed by atoms with van der Waals surface area (Å²) in [6, 6.07) is 7.52. The highest BCUT2D eigenvalue weighted by Gasteiger charge is 1.99. The van der Waals surface area contributed by atoms with E-state index in [-0.39, 0.29) is 6.04 Å². The minimum absolute atomic E-state index is 0.169. The monoisotopic (exact) mass is 226 g/mol. The van der Waals surface area contributed by atoms with Crippen LogP contribution in [0.2, 0.25) is 5.02 Å². The van der Waals surface area contributed by atoms with E-state index >= 15 is 0 Å². The van der Waals surface area contributed by atoms with Crippen molar-refractivity contribution in [2.24, 2.45) is 10.8 Å².